The summed E-state index contributed by atoms with van der Waals surface area (Å²) in [5.74, 6) is 2.10. The monoisotopic (exact) mass is 328 g/mol. The predicted molar refractivity (Wildman–Crippen MR) is 94.1 cm³/mol. The Bertz CT molecular complexity index is 661. The van der Waals surface area contributed by atoms with Gasteiger partial charge in [0, 0.05) is 45.3 Å². The number of aryl methyl sites for hydroxylation is 1. The van der Waals surface area contributed by atoms with Gasteiger partial charge < -0.3 is 19.6 Å². The molecule has 0 bridgehead atoms. The summed E-state index contributed by atoms with van der Waals surface area (Å²) in [4.78, 5) is 13.5. The van der Waals surface area contributed by atoms with E-state index in [-0.39, 0.29) is 0 Å². The lowest BCUT2D eigenvalue weighted by atomic mass is 10.2. The van der Waals surface area contributed by atoms with Gasteiger partial charge in [-0.2, -0.15) is 4.98 Å². The molecule has 7 nitrogen and oxygen atoms in total. The smallest absolute Gasteiger partial charge is 0.223 e. The summed E-state index contributed by atoms with van der Waals surface area (Å²) >= 11 is 0. The molecule has 0 unspecified atom stereocenters. The highest BCUT2D eigenvalue weighted by Crippen LogP contribution is 2.15. The van der Waals surface area contributed by atoms with Gasteiger partial charge in [0.15, 0.2) is 11.8 Å². The topological polar surface area (TPSA) is 69.8 Å². The lowest BCUT2D eigenvalue weighted by Crippen LogP contribution is -2.52. The Morgan fingerprint density at radius 1 is 1.21 bits per heavy atom. The van der Waals surface area contributed by atoms with Crippen LogP contribution in [0.5, 0.6) is 0 Å². The fourth-order valence-electron chi connectivity index (χ4n) is 2.79. The van der Waals surface area contributed by atoms with E-state index in [2.05, 4.69) is 67.5 Å². The molecule has 1 saturated heterocycles. The summed E-state index contributed by atoms with van der Waals surface area (Å²) < 4.78 is 4.99. The van der Waals surface area contributed by atoms with Crippen molar-refractivity contribution in [3.05, 3.63) is 42.0 Å². The molecule has 1 aromatic heterocycles. The minimum Gasteiger partial charge on any atom is -0.368 e. The van der Waals surface area contributed by atoms with E-state index in [1.54, 1.807) is 6.92 Å². The van der Waals surface area contributed by atoms with Gasteiger partial charge in [0.1, 0.15) is 6.54 Å². The van der Waals surface area contributed by atoms with Crippen molar-refractivity contribution in [1.29, 1.82) is 0 Å². The molecule has 0 saturated carbocycles. The Balaban J connectivity index is 1.61. The largest absolute Gasteiger partial charge is 0.368 e. The number of aromatic nitrogens is 2. The molecule has 1 aliphatic heterocycles. The van der Waals surface area contributed by atoms with E-state index in [9.17, 15) is 0 Å². The van der Waals surface area contributed by atoms with E-state index in [0.717, 1.165) is 38.7 Å². The van der Waals surface area contributed by atoms with Crippen LogP contribution >= 0.6 is 0 Å². The summed E-state index contributed by atoms with van der Waals surface area (Å²) in [6.07, 6.45) is 0. The molecule has 128 valence electrons. The second-order valence-electron chi connectivity index (χ2n) is 5.71. The van der Waals surface area contributed by atoms with Gasteiger partial charge in [-0.15, -0.1) is 0 Å². The number of hydrogen-bond donors (Lipinski definition) is 1. The molecule has 1 aromatic carbocycles. The third-order valence-corrected chi connectivity index (χ3v) is 3.98. The highest BCUT2D eigenvalue weighted by molar-refractivity contribution is 5.80. The van der Waals surface area contributed by atoms with Crippen molar-refractivity contribution < 1.29 is 4.52 Å². The number of anilines is 1. The van der Waals surface area contributed by atoms with Crippen LogP contribution in [0.25, 0.3) is 0 Å². The van der Waals surface area contributed by atoms with Crippen molar-refractivity contribution in [2.24, 2.45) is 4.99 Å². The van der Waals surface area contributed by atoms with Gasteiger partial charge in [-0.05, 0) is 19.1 Å². The molecule has 1 N–H and O–H groups in total. The van der Waals surface area contributed by atoms with Gasteiger partial charge in [0.25, 0.3) is 0 Å². The van der Waals surface area contributed by atoms with Crippen LogP contribution in [0.15, 0.2) is 39.8 Å². The summed E-state index contributed by atoms with van der Waals surface area (Å²) in [7, 11) is 0. The summed E-state index contributed by atoms with van der Waals surface area (Å²) in [5.41, 5.74) is 1.28. The van der Waals surface area contributed by atoms with Gasteiger partial charge in [0.05, 0.1) is 0 Å². The van der Waals surface area contributed by atoms with Gasteiger partial charge in [-0.25, -0.2) is 4.99 Å². The SMILES string of the molecule is CCNC(=NCc1noc(C)n1)N1CCN(c2ccccc2)CC1. The molecule has 7 heteroatoms. The van der Waals surface area contributed by atoms with Crippen molar-refractivity contribution in [2.75, 3.05) is 37.6 Å². The van der Waals surface area contributed by atoms with E-state index >= 15 is 0 Å². The molecule has 2 heterocycles. The second kappa shape index (κ2) is 7.81. The maximum Gasteiger partial charge on any atom is 0.223 e. The van der Waals surface area contributed by atoms with E-state index in [1.165, 1.54) is 5.69 Å². The quantitative estimate of drug-likeness (QED) is 0.680. The van der Waals surface area contributed by atoms with Crippen molar-refractivity contribution >= 4 is 11.6 Å². The average Bonchev–Trinajstić information content (AvgIpc) is 3.05. The standard InChI is InChI=1S/C17H24N6O/c1-3-18-17(19-13-16-20-14(2)24-21-16)23-11-9-22(10-12-23)15-7-5-4-6-8-15/h4-8H,3,9-13H2,1-2H3,(H,18,19). The molecular weight excluding hydrogens is 304 g/mol. The average molecular weight is 328 g/mol. The lowest BCUT2D eigenvalue weighted by Gasteiger charge is -2.37. The zero-order valence-corrected chi connectivity index (χ0v) is 14.3. The molecule has 1 fully saturated rings. The Morgan fingerprint density at radius 2 is 1.96 bits per heavy atom. The first-order valence-electron chi connectivity index (χ1n) is 8.38. The van der Waals surface area contributed by atoms with Crippen LogP contribution in [-0.4, -0.2) is 53.7 Å². The number of aliphatic imine (C=N–C) groups is 1. The van der Waals surface area contributed by atoms with Crippen LogP contribution in [0.3, 0.4) is 0 Å². The van der Waals surface area contributed by atoms with Gasteiger partial charge >= 0.3 is 0 Å². The van der Waals surface area contributed by atoms with Crippen molar-refractivity contribution in [2.45, 2.75) is 20.4 Å². The molecule has 0 spiro atoms. The predicted octanol–water partition coefficient (Wildman–Crippen LogP) is 1.67. The molecule has 2 aromatic rings. The van der Waals surface area contributed by atoms with E-state index < -0.39 is 0 Å². The minimum absolute atomic E-state index is 0.429. The minimum atomic E-state index is 0.429. The first kappa shape index (κ1) is 16.3. The van der Waals surface area contributed by atoms with Crippen LogP contribution in [-0.2, 0) is 6.54 Å². The highest BCUT2D eigenvalue weighted by Gasteiger charge is 2.19. The first-order valence-corrected chi connectivity index (χ1v) is 8.38. The second-order valence-corrected chi connectivity index (χ2v) is 5.71. The van der Waals surface area contributed by atoms with Gasteiger partial charge in [-0.1, -0.05) is 23.4 Å². The van der Waals surface area contributed by atoms with Crippen molar-refractivity contribution in [3.63, 3.8) is 0 Å². The number of para-hydroxylation sites is 1. The fraction of sp³-hybridized carbons (Fsp3) is 0.471. The summed E-state index contributed by atoms with van der Waals surface area (Å²) in [6, 6.07) is 10.5. The van der Waals surface area contributed by atoms with Crippen LogP contribution in [0.4, 0.5) is 5.69 Å². The van der Waals surface area contributed by atoms with Crippen molar-refractivity contribution in [1.82, 2.24) is 20.4 Å². The Hall–Kier alpha value is -2.57. The van der Waals surface area contributed by atoms with Crippen LogP contribution < -0.4 is 10.2 Å². The van der Waals surface area contributed by atoms with Crippen LogP contribution in [0.2, 0.25) is 0 Å². The molecule has 24 heavy (non-hydrogen) atoms. The maximum atomic E-state index is 4.99. The number of rotatable bonds is 4. The Kier molecular flexibility index (Phi) is 5.30. The third kappa shape index (κ3) is 4.04. The van der Waals surface area contributed by atoms with Crippen LogP contribution in [0, 0.1) is 6.92 Å². The number of guanidine groups is 1. The third-order valence-electron chi connectivity index (χ3n) is 3.98. The zero-order valence-electron chi connectivity index (χ0n) is 14.3. The summed E-state index contributed by atoms with van der Waals surface area (Å²) in [6.45, 7) is 8.97. The maximum absolute atomic E-state index is 4.99. The molecule has 3 rings (SSSR count). The first-order chi connectivity index (χ1) is 11.8. The van der Waals surface area contributed by atoms with Gasteiger partial charge in [-0.3, -0.25) is 0 Å². The lowest BCUT2D eigenvalue weighted by molar-refractivity contribution is 0.371. The fourth-order valence-corrected chi connectivity index (χ4v) is 2.79. The van der Waals surface area contributed by atoms with Gasteiger partial charge in [0.2, 0.25) is 5.89 Å². The van der Waals surface area contributed by atoms with E-state index in [4.69, 9.17) is 4.52 Å². The number of nitrogens with one attached hydrogen (secondary N) is 1. The molecular formula is C17H24N6O. The zero-order chi connectivity index (χ0) is 16.8. The summed E-state index contributed by atoms with van der Waals surface area (Å²) in [5, 5.41) is 7.25. The Morgan fingerprint density at radius 3 is 2.58 bits per heavy atom. The molecule has 0 aliphatic carbocycles. The number of benzene rings is 1. The number of nitrogens with zero attached hydrogens (tertiary/aromatic N) is 5. The van der Waals surface area contributed by atoms with Crippen molar-refractivity contribution in [3.8, 4) is 0 Å². The number of piperazine rings is 1. The molecule has 0 radical (unpaired) electrons. The van der Waals surface area contributed by atoms with E-state index in [0.29, 0.717) is 18.3 Å². The van der Waals surface area contributed by atoms with Crippen LogP contribution in [0.1, 0.15) is 18.6 Å². The van der Waals surface area contributed by atoms with E-state index in [1.807, 2.05) is 0 Å². The molecule has 0 amide bonds. The number of hydrogen-bond acceptors (Lipinski definition) is 5. The molecule has 1 aliphatic rings. The normalized spacial score (nSPS) is 15.7. The Labute approximate surface area is 142 Å². The highest BCUT2D eigenvalue weighted by atomic mass is 16.5. The molecule has 0 atom stereocenters.